The molecule has 0 unspecified atom stereocenters. The standard InChI is InChI=1S/C23H19N3O2S/c1-26(19-9-11-21(12-10-19)28-20-7-3-2-4-8-20)22(27)14-18-16-29-23(25-18)17-6-5-13-24-15-17/h2-13,15-16H,14H2,1H3. The molecule has 0 atom stereocenters. The van der Waals surface area contributed by atoms with Crippen LogP contribution in [0.25, 0.3) is 10.6 Å². The van der Waals surface area contributed by atoms with Crippen LogP contribution in [0.15, 0.2) is 84.5 Å². The molecule has 0 N–H and O–H groups in total. The minimum atomic E-state index is -0.0234. The molecule has 29 heavy (non-hydrogen) atoms. The van der Waals surface area contributed by atoms with Gasteiger partial charge in [0.15, 0.2) is 0 Å². The van der Waals surface area contributed by atoms with Gasteiger partial charge in [0.05, 0.1) is 12.1 Å². The monoisotopic (exact) mass is 401 g/mol. The van der Waals surface area contributed by atoms with Crippen LogP contribution in [0.3, 0.4) is 0 Å². The number of amides is 1. The van der Waals surface area contributed by atoms with E-state index in [4.69, 9.17) is 4.74 Å². The van der Waals surface area contributed by atoms with E-state index in [1.165, 1.54) is 11.3 Å². The highest BCUT2D eigenvalue weighted by Gasteiger charge is 2.14. The van der Waals surface area contributed by atoms with Crippen molar-refractivity contribution >= 4 is 22.9 Å². The second-order valence-electron chi connectivity index (χ2n) is 6.42. The molecular formula is C23H19N3O2S. The molecule has 0 saturated carbocycles. The zero-order valence-corrected chi connectivity index (χ0v) is 16.7. The lowest BCUT2D eigenvalue weighted by molar-refractivity contribution is -0.117. The van der Waals surface area contributed by atoms with Crippen LogP contribution in [0.5, 0.6) is 11.5 Å². The number of aromatic nitrogens is 2. The zero-order valence-electron chi connectivity index (χ0n) is 15.9. The number of rotatable bonds is 6. The van der Waals surface area contributed by atoms with Gasteiger partial charge in [-0.15, -0.1) is 11.3 Å². The highest BCUT2D eigenvalue weighted by Crippen LogP contribution is 2.25. The smallest absolute Gasteiger partial charge is 0.232 e. The Balaban J connectivity index is 1.40. The number of pyridine rings is 1. The van der Waals surface area contributed by atoms with E-state index in [0.29, 0.717) is 0 Å². The molecule has 2 heterocycles. The predicted octanol–water partition coefficient (Wildman–Crippen LogP) is 5.20. The van der Waals surface area contributed by atoms with Gasteiger partial charge in [0.2, 0.25) is 5.91 Å². The first-order chi connectivity index (χ1) is 14.2. The number of nitrogens with zero attached hydrogens (tertiary/aromatic N) is 3. The number of ether oxygens (including phenoxy) is 1. The van der Waals surface area contributed by atoms with E-state index in [1.54, 1.807) is 24.3 Å². The second kappa shape index (κ2) is 8.67. The summed E-state index contributed by atoms with van der Waals surface area (Å²) in [6.07, 6.45) is 3.75. The summed E-state index contributed by atoms with van der Waals surface area (Å²) in [5.74, 6) is 1.48. The molecule has 0 saturated heterocycles. The Morgan fingerprint density at radius 1 is 1.00 bits per heavy atom. The average Bonchev–Trinajstić information content (AvgIpc) is 3.23. The molecular weight excluding hydrogens is 382 g/mol. The van der Waals surface area contributed by atoms with Crippen LogP contribution in [-0.2, 0) is 11.2 Å². The topological polar surface area (TPSA) is 55.3 Å². The van der Waals surface area contributed by atoms with Gasteiger partial charge < -0.3 is 9.64 Å². The zero-order chi connectivity index (χ0) is 20.1. The van der Waals surface area contributed by atoms with Crippen LogP contribution in [0, 0.1) is 0 Å². The molecule has 0 spiro atoms. The Bertz CT molecular complexity index is 1080. The van der Waals surface area contributed by atoms with Crippen molar-refractivity contribution < 1.29 is 9.53 Å². The van der Waals surface area contributed by atoms with Crippen LogP contribution >= 0.6 is 11.3 Å². The van der Waals surface area contributed by atoms with E-state index < -0.39 is 0 Å². The van der Waals surface area contributed by atoms with Crippen molar-refractivity contribution in [3.8, 4) is 22.1 Å². The third-order valence-electron chi connectivity index (χ3n) is 4.37. The van der Waals surface area contributed by atoms with E-state index in [-0.39, 0.29) is 12.3 Å². The lowest BCUT2D eigenvalue weighted by Gasteiger charge is -2.17. The highest BCUT2D eigenvalue weighted by atomic mass is 32.1. The van der Waals surface area contributed by atoms with E-state index in [9.17, 15) is 4.79 Å². The van der Waals surface area contributed by atoms with Crippen molar-refractivity contribution in [2.45, 2.75) is 6.42 Å². The summed E-state index contributed by atoms with van der Waals surface area (Å²) in [6.45, 7) is 0. The lowest BCUT2D eigenvalue weighted by Crippen LogP contribution is -2.27. The number of carbonyl (C=O) groups excluding carboxylic acids is 1. The minimum Gasteiger partial charge on any atom is -0.457 e. The molecule has 1 amide bonds. The molecule has 0 radical (unpaired) electrons. The molecule has 0 aliphatic rings. The maximum absolute atomic E-state index is 12.7. The number of thiazole rings is 1. The molecule has 6 heteroatoms. The van der Waals surface area contributed by atoms with Crippen molar-refractivity contribution in [3.05, 3.63) is 90.2 Å². The molecule has 2 aromatic heterocycles. The summed E-state index contributed by atoms with van der Waals surface area (Å²) >= 11 is 1.52. The lowest BCUT2D eigenvalue weighted by atomic mass is 10.2. The second-order valence-corrected chi connectivity index (χ2v) is 7.28. The summed E-state index contributed by atoms with van der Waals surface area (Å²) in [6, 6.07) is 20.9. The van der Waals surface area contributed by atoms with E-state index >= 15 is 0 Å². The first-order valence-corrected chi connectivity index (χ1v) is 10.0. The fourth-order valence-corrected chi connectivity index (χ4v) is 3.60. The van der Waals surface area contributed by atoms with Gasteiger partial charge in [0.1, 0.15) is 16.5 Å². The first-order valence-electron chi connectivity index (χ1n) is 9.13. The van der Waals surface area contributed by atoms with Crippen LogP contribution in [0.1, 0.15) is 5.69 Å². The Hall–Kier alpha value is -3.51. The van der Waals surface area contributed by atoms with Crippen LogP contribution in [-0.4, -0.2) is 22.9 Å². The van der Waals surface area contributed by atoms with Gasteiger partial charge in [-0.25, -0.2) is 4.98 Å². The number of anilines is 1. The fourth-order valence-electron chi connectivity index (χ4n) is 2.79. The van der Waals surface area contributed by atoms with Crippen LogP contribution < -0.4 is 9.64 Å². The summed E-state index contributed by atoms with van der Waals surface area (Å²) in [7, 11) is 1.77. The number of hydrogen-bond acceptors (Lipinski definition) is 5. The molecule has 4 aromatic rings. The van der Waals surface area contributed by atoms with Crippen LogP contribution in [0.2, 0.25) is 0 Å². The summed E-state index contributed by atoms with van der Waals surface area (Å²) < 4.78 is 5.80. The maximum atomic E-state index is 12.7. The Morgan fingerprint density at radius 2 is 1.76 bits per heavy atom. The van der Waals surface area contributed by atoms with Crippen molar-refractivity contribution in [2.24, 2.45) is 0 Å². The van der Waals surface area contributed by atoms with Gasteiger partial charge in [-0.2, -0.15) is 0 Å². The third-order valence-corrected chi connectivity index (χ3v) is 5.31. The Morgan fingerprint density at radius 3 is 2.48 bits per heavy atom. The van der Waals surface area contributed by atoms with Gasteiger partial charge in [-0.05, 0) is 48.5 Å². The van der Waals surface area contributed by atoms with Gasteiger partial charge in [-0.3, -0.25) is 9.78 Å². The van der Waals surface area contributed by atoms with Crippen molar-refractivity contribution in [3.63, 3.8) is 0 Å². The van der Waals surface area contributed by atoms with E-state index in [1.807, 2.05) is 72.1 Å². The molecule has 144 valence electrons. The summed E-state index contributed by atoms with van der Waals surface area (Å²) in [5.41, 5.74) is 2.52. The number of carbonyl (C=O) groups is 1. The molecule has 5 nitrogen and oxygen atoms in total. The molecule has 0 aliphatic carbocycles. The van der Waals surface area contributed by atoms with Gasteiger partial charge in [-0.1, -0.05) is 18.2 Å². The van der Waals surface area contributed by atoms with Crippen molar-refractivity contribution in [2.75, 3.05) is 11.9 Å². The minimum absolute atomic E-state index is 0.0234. The molecule has 0 fully saturated rings. The van der Waals surface area contributed by atoms with E-state index in [0.717, 1.165) is 33.5 Å². The SMILES string of the molecule is CN(C(=O)Cc1csc(-c2cccnc2)n1)c1ccc(Oc2ccccc2)cc1. The van der Waals surface area contributed by atoms with Gasteiger partial charge in [0, 0.05) is 36.1 Å². The fraction of sp³-hybridized carbons (Fsp3) is 0.0870. The molecule has 0 bridgehead atoms. The summed E-state index contributed by atoms with van der Waals surface area (Å²) in [5, 5.41) is 2.79. The molecule has 0 aliphatic heterocycles. The number of likely N-dealkylation sites (N-methyl/N-ethyl adjacent to an activating group) is 1. The van der Waals surface area contributed by atoms with Gasteiger partial charge in [0.25, 0.3) is 0 Å². The Kier molecular flexibility index (Phi) is 5.63. The number of benzene rings is 2. The van der Waals surface area contributed by atoms with Crippen LogP contribution in [0.4, 0.5) is 5.69 Å². The predicted molar refractivity (Wildman–Crippen MR) is 115 cm³/mol. The molecule has 4 rings (SSSR count). The largest absolute Gasteiger partial charge is 0.457 e. The van der Waals surface area contributed by atoms with Crippen molar-refractivity contribution in [1.29, 1.82) is 0 Å². The number of hydrogen-bond donors (Lipinski definition) is 0. The average molecular weight is 401 g/mol. The number of para-hydroxylation sites is 1. The normalized spacial score (nSPS) is 10.5. The highest BCUT2D eigenvalue weighted by molar-refractivity contribution is 7.13. The maximum Gasteiger partial charge on any atom is 0.232 e. The Labute approximate surface area is 173 Å². The first kappa shape index (κ1) is 18.8. The van der Waals surface area contributed by atoms with Crippen molar-refractivity contribution in [1.82, 2.24) is 9.97 Å². The van der Waals surface area contributed by atoms with E-state index in [2.05, 4.69) is 9.97 Å². The quantitative estimate of drug-likeness (QED) is 0.445. The van der Waals surface area contributed by atoms with Gasteiger partial charge >= 0.3 is 0 Å². The molecule has 2 aromatic carbocycles. The summed E-state index contributed by atoms with van der Waals surface area (Å²) in [4.78, 5) is 23.0. The third kappa shape index (κ3) is 4.67.